The number of hydrogen-bond acceptors (Lipinski definition) is 3. The summed E-state index contributed by atoms with van der Waals surface area (Å²) in [6, 6.07) is 5.60. The molecule has 30 heavy (non-hydrogen) atoms. The number of morpholine rings is 1. The summed E-state index contributed by atoms with van der Waals surface area (Å²) in [6.45, 7) is 3.47. The van der Waals surface area contributed by atoms with E-state index in [-0.39, 0.29) is 30.8 Å². The normalized spacial score (nSPS) is 23.0. The molecular formula is C22H28ClF2N3O2. The number of rotatable bonds is 5. The Morgan fingerprint density at radius 2 is 2.10 bits per heavy atom. The summed E-state index contributed by atoms with van der Waals surface area (Å²) in [6.07, 6.45) is 2.53. The molecular weight excluding hydrogens is 412 g/mol. The molecule has 4 rings (SSSR count). The van der Waals surface area contributed by atoms with Gasteiger partial charge >= 0.3 is 0 Å². The summed E-state index contributed by atoms with van der Waals surface area (Å²) in [4.78, 5) is 15.2. The maximum Gasteiger partial charge on any atom is 0.253 e. The van der Waals surface area contributed by atoms with E-state index in [2.05, 4.69) is 17.3 Å². The van der Waals surface area contributed by atoms with E-state index in [1.54, 1.807) is 6.07 Å². The molecule has 2 fully saturated rings. The zero-order valence-electron chi connectivity index (χ0n) is 17.2. The zero-order chi connectivity index (χ0) is 21.3. The van der Waals surface area contributed by atoms with E-state index in [9.17, 15) is 13.6 Å². The fourth-order valence-corrected chi connectivity index (χ4v) is 4.74. The molecule has 1 unspecified atom stereocenters. The van der Waals surface area contributed by atoms with Crippen molar-refractivity contribution in [1.82, 2.24) is 14.8 Å². The molecule has 2 aliphatic rings. The largest absolute Gasteiger partial charge is 0.374 e. The highest BCUT2D eigenvalue weighted by Crippen LogP contribution is 2.36. The lowest BCUT2D eigenvalue weighted by Gasteiger charge is -2.30. The van der Waals surface area contributed by atoms with E-state index in [0.717, 1.165) is 24.0 Å². The molecule has 1 saturated heterocycles. The molecule has 164 valence electrons. The lowest BCUT2D eigenvalue weighted by Crippen LogP contribution is -2.41. The molecule has 1 aromatic heterocycles. The van der Waals surface area contributed by atoms with Crippen LogP contribution in [0.3, 0.4) is 0 Å². The number of amides is 1. The van der Waals surface area contributed by atoms with E-state index < -0.39 is 5.92 Å². The third kappa shape index (κ3) is 4.79. The molecule has 8 heteroatoms. The number of benzene rings is 1. The van der Waals surface area contributed by atoms with Gasteiger partial charge in [0.2, 0.25) is 5.92 Å². The van der Waals surface area contributed by atoms with Crippen LogP contribution in [0.15, 0.2) is 24.4 Å². The minimum atomic E-state index is -2.56. The molecule has 1 saturated carbocycles. The Balaban J connectivity index is 1.49. The number of fused-ring (bicyclic) bond motifs is 1. The van der Waals surface area contributed by atoms with Crippen LogP contribution in [0.1, 0.15) is 36.0 Å². The molecule has 1 amide bonds. The maximum atomic E-state index is 13.4. The molecule has 1 atom stereocenters. The van der Waals surface area contributed by atoms with Crippen LogP contribution in [-0.2, 0) is 11.3 Å². The number of ether oxygens (including phenoxy) is 1. The molecule has 5 nitrogen and oxygen atoms in total. The van der Waals surface area contributed by atoms with Gasteiger partial charge in [-0.15, -0.1) is 0 Å². The lowest BCUT2D eigenvalue weighted by molar-refractivity contribution is -0.0452. The number of likely N-dealkylation sites (N-methyl/N-ethyl adjacent to an activating group) is 1. The Morgan fingerprint density at radius 3 is 2.83 bits per heavy atom. The first-order valence-corrected chi connectivity index (χ1v) is 10.9. The van der Waals surface area contributed by atoms with Gasteiger partial charge in [-0.1, -0.05) is 17.7 Å². The number of nitrogens with one attached hydrogen (secondary N) is 1. The highest BCUT2D eigenvalue weighted by Gasteiger charge is 2.35. The SMILES string of the molecule is CN1CCOC(Cn2cc(C(=O)NCC3CCC(F)(F)CC3)c3c(Cl)cccc32)C1. The fourth-order valence-electron chi connectivity index (χ4n) is 4.46. The van der Waals surface area contributed by atoms with E-state index in [1.165, 1.54) is 0 Å². The number of hydrogen-bond donors (Lipinski definition) is 1. The van der Waals surface area contributed by atoms with E-state index in [1.807, 2.05) is 22.9 Å². The van der Waals surface area contributed by atoms with Gasteiger partial charge < -0.3 is 19.5 Å². The topological polar surface area (TPSA) is 46.5 Å². The van der Waals surface area contributed by atoms with Crippen LogP contribution in [0, 0.1) is 5.92 Å². The monoisotopic (exact) mass is 439 g/mol. The highest BCUT2D eigenvalue weighted by molar-refractivity contribution is 6.36. The Labute approximate surface area is 180 Å². The number of halogens is 3. The second-order valence-electron chi connectivity index (χ2n) is 8.59. The van der Waals surface area contributed by atoms with Gasteiger partial charge in [0, 0.05) is 44.1 Å². The second-order valence-corrected chi connectivity index (χ2v) is 9.00. The molecule has 0 spiro atoms. The van der Waals surface area contributed by atoms with Crippen molar-refractivity contribution in [2.24, 2.45) is 5.92 Å². The predicted octanol–water partition coefficient (Wildman–Crippen LogP) is 4.18. The van der Waals surface area contributed by atoms with Crippen molar-refractivity contribution in [3.63, 3.8) is 0 Å². The van der Waals surface area contributed by atoms with Crippen LogP contribution in [0.5, 0.6) is 0 Å². The van der Waals surface area contributed by atoms with Gasteiger partial charge in [-0.05, 0) is 37.9 Å². The summed E-state index contributed by atoms with van der Waals surface area (Å²) in [5, 5.41) is 4.19. The van der Waals surface area contributed by atoms with Crippen LogP contribution in [0.25, 0.3) is 10.9 Å². The van der Waals surface area contributed by atoms with Crippen LogP contribution in [-0.4, -0.2) is 60.7 Å². The smallest absolute Gasteiger partial charge is 0.253 e. The molecule has 1 aliphatic carbocycles. The van der Waals surface area contributed by atoms with Crippen molar-refractivity contribution in [3.8, 4) is 0 Å². The van der Waals surface area contributed by atoms with E-state index in [4.69, 9.17) is 16.3 Å². The molecule has 0 bridgehead atoms. The Kier molecular flexibility index (Phi) is 6.32. The summed E-state index contributed by atoms with van der Waals surface area (Å²) >= 11 is 6.45. The van der Waals surface area contributed by atoms with Crippen molar-refractivity contribution < 1.29 is 18.3 Å². The van der Waals surface area contributed by atoms with E-state index in [0.29, 0.717) is 43.1 Å². The first-order valence-electron chi connectivity index (χ1n) is 10.6. The fraction of sp³-hybridized carbons (Fsp3) is 0.591. The number of carbonyl (C=O) groups excluding carboxylic acids is 1. The number of carbonyl (C=O) groups is 1. The number of aromatic nitrogens is 1. The third-order valence-corrected chi connectivity index (χ3v) is 6.55. The van der Waals surface area contributed by atoms with E-state index >= 15 is 0 Å². The highest BCUT2D eigenvalue weighted by atomic mass is 35.5. The average molecular weight is 440 g/mol. The van der Waals surface area contributed by atoms with Gasteiger partial charge in [0.25, 0.3) is 5.91 Å². The van der Waals surface area contributed by atoms with Gasteiger partial charge in [0.1, 0.15) is 0 Å². The molecule has 1 N–H and O–H groups in total. The summed E-state index contributed by atoms with van der Waals surface area (Å²) < 4.78 is 34.6. The number of alkyl halides is 2. The van der Waals surface area contributed by atoms with Gasteiger partial charge in [-0.3, -0.25) is 4.79 Å². The van der Waals surface area contributed by atoms with Gasteiger partial charge in [-0.2, -0.15) is 0 Å². The zero-order valence-corrected chi connectivity index (χ0v) is 17.9. The van der Waals surface area contributed by atoms with Crippen LogP contribution in [0.4, 0.5) is 8.78 Å². The maximum absolute atomic E-state index is 13.4. The Bertz CT molecular complexity index is 907. The van der Waals surface area contributed by atoms with Crippen LogP contribution in [0.2, 0.25) is 5.02 Å². The molecule has 0 radical (unpaired) electrons. The molecule has 2 aromatic rings. The lowest BCUT2D eigenvalue weighted by atomic mass is 9.87. The summed E-state index contributed by atoms with van der Waals surface area (Å²) in [5.41, 5.74) is 1.41. The molecule has 2 heterocycles. The van der Waals surface area contributed by atoms with Crippen LogP contribution >= 0.6 is 11.6 Å². The first kappa shape index (κ1) is 21.5. The third-order valence-electron chi connectivity index (χ3n) is 6.23. The van der Waals surface area contributed by atoms with Crippen molar-refractivity contribution in [3.05, 3.63) is 35.0 Å². The summed E-state index contributed by atoms with van der Waals surface area (Å²) in [7, 11) is 2.07. The predicted molar refractivity (Wildman–Crippen MR) is 113 cm³/mol. The quantitative estimate of drug-likeness (QED) is 0.760. The average Bonchev–Trinajstić information content (AvgIpc) is 3.07. The van der Waals surface area contributed by atoms with Gasteiger partial charge in [0.05, 0.1) is 35.4 Å². The van der Waals surface area contributed by atoms with Crippen molar-refractivity contribution in [2.75, 3.05) is 33.3 Å². The van der Waals surface area contributed by atoms with Crippen molar-refractivity contribution >= 4 is 28.4 Å². The number of nitrogens with zero attached hydrogens (tertiary/aromatic N) is 2. The molecule has 1 aliphatic heterocycles. The standard InChI is InChI=1S/C22H28ClF2N3O2/c1-27-9-10-30-16(12-27)13-28-14-17(20-18(23)3-2-4-19(20)28)21(29)26-11-15-5-7-22(24,25)8-6-15/h2-4,14-16H,5-13H2,1H3,(H,26,29). The van der Waals surface area contributed by atoms with Gasteiger partial charge in [-0.25, -0.2) is 8.78 Å². The van der Waals surface area contributed by atoms with Crippen molar-refractivity contribution in [1.29, 1.82) is 0 Å². The van der Waals surface area contributed by atoms with Crippen LogP contribution < -0.4 is 5.32 Å². The Hall–Kier alpha value is -1.70. The van der Waals surface area contributed by atoms with Crippen molar-refractivity contribution in [2.45, 2.75) is 44.3 Å². The minimum absolute atomic E-state index is 0.0400. The van der Waals surface area contributed by atoms with Gasteiger partial charge in [0.15, 0.2) is 0 Å². The Morgan fingerprint density at radius 1 is 1.33 bits per heavy atom. The molecule has 1 aromatic carbocycles. The summed E-state index contributed by atoms with van der Waals surface area (Å²) in [5.74, 6) is -2.69. The first-order chi connectivity index (χ1) is 14.3. The second kappa shape index (κ2) is 8.81. The minimum Gasteiger partial charge on any atom is -0.374 e.